The summed E-state index contributed by atoms with van der Waals surface area (Å²) >= 11 is 0. The first-order valence-electron chi connectivity index (χ1n) is 5.03. The molecule has 0 aromatic heterocycles. The van der Waals surface area contributed by atoms with Gasteiger partial charge in [0.05, 0.1) is 0 Å². The van der Waals surface area contributed by atoms with Crippen molar-refractivity contribution in [2.24, 2.45) is 11.7 Å². The molecule has 0 spiro atoms. The van der Waals surface area contributed by atoms with Gasteiger partial charge in [-0.05, 0) is 39.2 Å². The Morgan fingerprint density at radius 2 is 2.15 bits per heavy atom. The largest absolute Gasteiger partial charge is 0.370 e. The smallest absolute Gasteiger partial charge is 0.219 e. The number of amides is 1. The zero-order valence-electron chi connectivity index (χ0n) is 8.60. The molecule has 1 aliphatic rings. The van der Waals surface area contributed by atoms with Crippen LogP contribution in [0.1, 0.15) is 39.5 Å². The molecule has 3 heteroatoms. The molecule has 3 nitrogen and oxygen atoms in total. The van der Waals surface area contributed by atoms with Crippen molar-refractivity contribution in [3.8, 4) is 0 Å². The maximum Gasteiger partial charge on any atom is 0.219 e. The fraction of sp³-hybridized carbons (Fsp3) is 0.900. The highest BCUT2D eigenvalue weighted by atomic mass is 16.1. The van der Waals surface area contributed by atoms with Crippen LogP contribution in [0.25, 0.3) is 0 Å². The summed E-state index contributed by atoms with van der Waals surface area (Å²) in [7, 11) is 0. The van der Waals surface area contributed by atoms with Gasteiger partial charge in [0.15, 0.2) is 0 Å². The van der Waals surface area contributed by atoms with E-state index in [2.05, 4.69) is 5.32 Å². The number of rotatable bonds is 5. The van der Waals surface area contributed by atoms with Crippen LogP contribution >= 0.6 is 0 Å². The SMILES string of the molecule is CC(C)(CC(N)=O)NCC1CCC1. The summed E-state index contributed by atoms with van der Waals surface area (Å²) in [6.45, 7) is 5.08. The van der Waals surface area contributed by atoms with Gasteiger partial charge in [-0.1, -0.05) is 6.42 Å². The van der Waals surface area contributed by atoms with Gasteiger partial charge in [0, 0.05) is 12.0 Å². The van der Waals surface area contributed by atoms with Crippen LogP contribution in [0.4, 0.5) is 0 Å². The van der Waals surface area contributed by atoms with Crippen molar-refractivity contribution in [3.63, 3.8) is 0 Å². The minimum absolute atomic E-state index is 0.137. The summed E-state index contributed by atoms with van der Waals surface area (Å²) in [5.41, 5.74) is 5.02. The summed E-state index contributed by atoms with van der Waals surface area (Å²) in [5.74, 6) is 0.596. The topological polar surface area (TPSA) is 55.1 Å². The molecule has 1 rings (SSSR count). The zero-order valence-corrected chi connectivity index (χ0v) is 8.60. The Labute approximate surface area is 80.1 Å². The molecule has 0 unspecified atom stereocenters. The van der Waals surface area contributed by atoms with E-state index in [0.29, 0.717) is 6.42 Å². The third kappa shape index (κ3) is 3.77. The highest BCUT2D eigenvalue weighted by Crippen LogP contribution is 2.26. The van der Waals surface area contributed by atoms with Crippen molar-refractivity contribution >= 4 is 5.91 Å². The average molecular weight is 184 g/mol. The molecule has 13 heavy (non-hydrogen) atoms. The second-order valence-corrected chi connectivity index (χ2v) is 4.70. The Morgan fingerprint density at radius 3 is 2.54 bits per heavy atom. The lowest BCUT2D eigenvalue weighted by atomic mass is 9.84. The van der Waals surface area contributed by atoms with Gasteiger partial charge in [0.1, 0.15) is 0 Å². The van der Waals surface area contributed by atoms with E-state index in [1.807, 2.05) is 13.8 Å². The number of hydrogen-bond donors (Lipinski definition) is 2. The van der Waals surface area contributed by atoms with Crippen LogP contribution in [0.3, 0.4) is 0 Å². The van der Waals surface area contributed by atoms with Crippen LogP contribution < -0.4 is 11.1 Å². The minimum Gasteiger partial charge on any atom is -0.370 e. The van der Waals surface area contributed by atoms with Gasteiger partial charge >= 0.3 is 0 Å². The second-order valence-electron chi connectivity index (χ2n) is 4.70. The average Bonchev–Trinajstić information content (AvgIpc) is 1.79. The van der Waals surface area contributed by atoms with Gasteiger partial charge in [0.25, 0.3) is 0 Å². The molecule has 0 aromatic rings. The summed E-state index contributed by atoms with van der Waals surface area (Å²) in [5, 5.41) is 3.39. The Morgan fingerprint density at radius 1 is 1.54 bits per heavy atom. The van der Waals surface area contributed by atoms with Crippen molar-refractivity contribution in [1.82, 2.24) is 5.32 Å². The number of primary amides is 1. The molecule has 0 aliphatic heterocycles. The fourth-order valence-corrected chi connectivity index (χ4v) is 1.62. The Bertz CT molecular complexity index is 185. The minimum atomic E-state index is -0.230. The van der Waals surface area contributed by atoms with Crippen LogP contribution in [-0.4, -0.2) is 18.0 Å². The molecule has 1 saturated carbocycles. The number of nitrogens with one attached hydrogen (secondary N) is 1. The van der Waals surface area contributed by atoms with E-state index in [1.165, 1.54) is 19.3 Å². The lowest BCUT2D eigenvalue weighted by Crippen LogP contribution is -2.45. The summed E-state index contributed by atoms with van der Waals surface area (Å²) < 4.78 is 0. The van der Waals surface area contributed by atoms with Crippen LogP contribution in [0.5, 0.6) is 0 Å². The van der Waals surface area contributed by atoms with Gasteiger partial charge in [-0.25, -0.2) is 0 Å². The maximum atomic E-state index is 10.7. The molecule has 0 heterocycles. The van der Waals surface area contributed by atoms with Crippen LogP contribution in [0, 0.1) is 5.92 Å². The molecule has 1 aliphatic carbocycles. The van der Waals surface area contributed by atoms with E-state index in [9.17, 15) is 4.79 Å². The van der Waals surface area contributed by atoms with Crippen molar-refractivity contribution in [3.05, 3.63) is 0 Å². The number of hydrogen-bond acceptors (Lipinski definition) is 2. The number of carbonyl (C=O) groups excluding carboxylic acids is 1. The van der Waals surface area contributed by atoms with Crippen molar-refractivity contribution in [1.29, 1.82) is 0 Å². The van der Waals surface area contributed by atoms with Gasteiger partial charge in [-0.3, -0.25) is 4.79 Å². The molecule has 0 bridgehead atoms. The standard InChI is InChI=1S/C10H20N2O/c1-10(2,6-9(11)13)12-7-8-4-3-5-8/h8,12H,3-7H2,1-2H3,(H2,11,13). The van der Waals surface area contributed by atoms with E-state index in [4.69, 9.17) is 5.73 Å². The maximum absolute atomic E-state index is 10.7. The van der Waals surface area contributed by atoms with E-state index in [-0.39, 0.29) is 11.4 Å². The second kappa shape index (κ2) is 4.09. The molecule has 0 radical (unpaired) electrons. The number of nitrogens with two attached hydrogens (primary N) is 1. The van der Waals surface area contributed by atoms with Gasteiger partial charge in [-0.2, -0.15) is 0 Å². The highest BCUT2D eigenvalue weighted by molar-refractivity contribution is 5.74. The zero-order chi connectivity index (χ0) is 9.90. The third-order valence-corrected chi connectivity index (χ3v) is 2.71. The lowest BCUT2D eigenvalue weighted by Gasteiger charge is -2.31. The molecule has 1 amide bonds. The summed E-state index contributed by atoms with van der Waals surface area (Å²) in [6, 6.07) is 0. The highest BCUT2D eigenvalue weighted by Gasteiger charge is 2.23. The molecular formula is C10H20N2O. The quantitative estimate of drug-likeness (QED) is 0.670. The predicted octanol–water partition coefficient (Wildman–Crippen LogP) is 1.03. The first-order valence-corrected chi connectivity index (χ1v) is 5.03. The monoisotopic (exact) mass is 184 g/mol. The lowest BCUT2D eigenvalue weighted by molar-refractivity contribution is -0.119. The van der Waals surface area contributed by atoms with Crippen molar-refractivity contribution in [2.45, 2.75) is 45.1 Å². The molecular weight excluding hydrogens is 164 g/mol. The van der Waals surface area contributed by atoms with Crippen molar-refractivity contribution in [2.75, 3.05) is 6.54 Å². The summed E-state index contributed by atoms with van der Waals surface area (Å²) in [6.07, 6.45) is 4.45. The van der Waals surface area contributed by atoms with Crippen molar-refractivity contribution < 1.29 is 4.79 Å². The predicted molar refractivity (Wildman–Crippen MR) is 53.2 cm³/mol. The third-order valence-electron chi connectivity index (χ3n) is 2.71. The Hall–Kier alpha value is -0.570. The molecule has 0 aromatic carbocycles. The molecule has 1 fully saturated rings. The fourth-order valence-electron chi connectivity index (χ4n) is 1.62. The Kier molecular flexibility index (Phi) is 3.31. The van der Waals surface area contributed by atoms with Crippen LogP contribution in [0.15, 0.2) is 0 Å². The van der Waals surface area contributed by atoms with Crippen LogP contribution in [0.2, 0.25) is 0 Å². The van der Waals surface area contributed by atoms with E-state index in [1.54, 1.807) is 0 Å². The first kappa shape index (κ1) is 10.5. The Balaban J connectivity index is 2.19. The normalized spacial score (nSPS) is 18.3. The van der Waals surface area contributed by atoms with E-state index in [0.717, 1.165) is 12.5 Å². The molecule has 76 valence electrons. The molecule has 0 saturated heterocycles. The summed E-state index contributed by atoms with van der Waals surface area (Å²) in [4.78, 5) is 10.7. The van der Waals surface area contributed by atoms with Gasteiger partial charge in [0.2, 0.25) is 5.91 Å². The van der Waals surface area contributed by atoms with Gasteiger partial charge in [-0.15, -0.1) is 0 Å². The van der Waals surface area contributed by atoms with E-state index < -0.39 is 0 Å². The first-order chi connectivity index (χ1) is 5.99. The van der Waals surface area contributed by atoms with Crippen LogP contribution in [-0.2, 0) is 4.79 Å². The van der Waals surface area contributed by atoms with E-state index >= 15 is 0 Å². The number of carbonyl (C=O) groups is 1. The van der Waals surface area contributed by atoms with Gasteiger partial charge < -0.3 is 11.1 Å². The molecule has 3 N–H and O–H groups in total. The molecule has 0 atom stereocenters.